The summed E-state index contributed by atoms with van der Waals surface area (Å²) in [7, 11) is 0. The van der Waals surface area contributed by atoms with E-state index < -0.39 is 0 Å². The van der Waals surface area contributed by atoms with Crippen LogP contribution in [0.2, 0.25) is 0 Å². The Labute approximate surface area is 98.0 Å². The van der Waals surface area contributed by atoms with Gasteiger partial charge in [0.1, 0.15) is 0 Å². The highest BCUT2D eigenvalue weighted by Gasteiger charge is 2.23. The molecule has 4 heteroatoms. The van der Waals surface area contributed by atoms with Gasteiger partial charge < -0.3 is 10.4 Å². The van der Waals surface area contributed by atoms with E-state index in [0.29, 0.717) is 18.4 Å². The van der Waals surface area contributed by atoms with Crippen molar-refractivity contribution in [3.05, 3.63) is 0 Å². The first-order valence-corrected chi connectivity index (χ1v) is 6.21. The molecule has 0 unspecified atom stereocenters. The Morgan fingerprint density at radius 1 is 1.56 bits per heavy atom. The van der Waals surface area contributed by atoms with Crippen molar-refractivity contribution in [3.8, 4) is 0 Å². The lowest BCUT2D eigenvalue weighted by Crippen LogP contribution is -2.37. The molecule has 0 aromatic heterocycles. The Hall–Kier alpha value is -0.610. The predicted octanol–water partition coefficient (Wildman–Crippen LogP) is 0.463. The van der Waals surface area contributed by atoms with Crippen molar-refractivity contribution < 1.29 is 9.90 Å². The Morgan fingerprint density at radius 3 is 2.94 bits per heavy atom. The third-order valence-corrected chi connectivity index (χ3v) is 2.98. The van der Waals surface area contributed by atoms with Gasteiger partial charge in [0.05, 0.1) is 6.54 Å². The van der Waals surface area contributed by atoms with Crippen molar-refractivity contribution in [2.45, 2.75) is 26.7 Å². The zero-order valence-electron chi connectivity index (χ0n) is 10.4. The van der Waals surface area contributed by atoms with Crippen LogP contribution in [0.5, 0.6) is 0 Å². The Kier molecular flexibility index (Phi) is 5.77. The smallest absolute Gasteiger partial charge is 0.234 e. The van der Waals surface area contributed by atoms with Crippen molar-refractivity contribution in [2.24, 2.45) is 11.8 Å². The third-order valence-electron chi connectivity index (χ3n) is 2.98. The Balaban J connectivity index is 2.15. The number of amides is 1. The van der Waals surface area contributed by atoms with Crippen LogP contribution in [-0.2, 0) is 4.79 Å². The summed E-state index contributed by atoms with van der Waals surface area (Å²) < 4.78 is 0. The molecule has 0 saturated carbocycles. The number of hydrogen-bond donors (Lipinski definition) is 2. The van der Waals surface area contributed by atoms with E-state index in [1.807, 2.05) is 0 Å². The average molecular weight is 228 g/mol. The molecule has 1 amide bonds. The van der Waals surface area contributed by atoms with Crippen LogP contribution in [0, 0.1) is 11.8 Å². The van der Waals surface area contributed by atoms with E-state index in [-0.39, 0.29) is 12.5 Å². The maximum atomic E-state index is 11.6. The van der Waals surface area contributed by atoms with E-state index in [9.17, 15) is 4.79 Å². The maximum absolute atomic E-state index is 11.6. The second-order valence-electron chi connectivity index (χ2n) is 5.10. The molecule has 94 valence electrons. The number of carbonyl (C=O) groups is 1. The van der Waals surface area contributed by atoms with Gasteiger partial charge in [-0.3, -0.25) is 9.69 Å². The molecule has 0 spiro atoms. The minimum atomic E-state index is 0.123. The molecular formula is C12H24N2O2. The largest absolute Gasteiger partial charge is 0.396 e. The van der Waals surface area contributed by atoms with E-state index in [1.54, 1.807) is 0 Å². The van der Waals surface area contributed by atoms with Crippen molar-refractivity contribution in [2.75, 3.05) is 32.8 Å². The number of carbonyl (C=O) groups excluding carboxylic acids is 1. The van der Waals surface area contributed by atoms with Crippen LogP contribution >= 0.6 is 0 Å². The zero-order valence-corrected chi connectivity index (χ0v) is 10.4. The first kappa shape index (κ1) is 13.5. The van der Waals surface area contributed by atoms with Crippen LogP contribution in [0.25, 0.3) is 0 Å². The molecule has 1 rings (SSSR count). The van der Waals surface area contributed by atoms with Crippen LogP contribution in [0.3, 0.4) is 0 Å². The molecule has 0 bridgehead atoms. The normalized spacial score (nSPS) is 21.6. The summed E-state index contributed by atoms with van der Waals surface area (Å²) in [5, 5.41) is 11.8. The molecule has 16 heavy (non-hydrogen) atoms. The third kappa shape index (κ3) is 4.94. The van der Waals surface area contributed by atoms with Gasteiger partial charge in [0.25, 0.3) is 0 Å². The van der Waals surface area contributed by atoms with Crippen molar-refractivity contribution in [1.29, 1.82) is 0 Å². The van der Waals surface area contributed by atoms with Crippen LogP contribution in [0.1, 0.15) is 26.7 Å². The molecule has 0 radical (unpaired) electrons. The first-order valence-electron chi connectivity index (χ1n) is 6.21. The molecule has 4 nitrogen and oxygen atoms in total. The fourth-order valence-electron chi connectivity index (χ4n) is 2.05. The number of likely N-dealkylation sites (tertiary alicyclic amines) is 1. The van der Waals surface area contributed by atoms with Gasteiger partial charge in [-0.1, -0.05) is 13.8 Å². The van der Waals surface area contributed by atoms with Crippen LogP contribution in [0.15, 0.2) is 0 Å². The van der Waals surface area contributed by atoms with Crippen LogP contribution < -0.4 is 5.32 Å². The van der Waals surface area contributed by atoms with Crippen LogP contribution in [-0.4, -0.2) is 48.7 Å². The second-order valence-corrected chi connectivity index (χ2v) is 5.10. The van der Waals surface area contributed by atoms with Gasteiger partial charge in [0, 0.05) is 19.7 Å². The highest BCUT2D eigenvalue weighted by Crippen LogP contribution is 2.18. The molecule has 0 aromatic carbocycles. The number of nitrogens with one attached hydrogen (secondary N) is 1. The molecule has 0 aliphatic carbocycles. The maximum Gasteiger partial charge on any atom is 0.234 e. The van der Waals surface area contributed by atoms with Crippen molar-refractivity contribution in [3.63, 3.8) is 0 Å². The van der Waals surface area contributed by atoms with E-state index in [4.69, 9.17) is 5.11 Å². The molecule has 1 aliphatic heterocycles. The highest BCUT2D eigenvalue weighted by molar-refractivity contribution is 5.78. The summed E-state index contributed by atoms with van der Waals surface area (Å²) in [5.41, 5.74) is 0. The molecular weight excluding hydrogens is 204 g/mol. The number of nitrogens with zero attached hydrogens (tertiary/aromatic N) is 1. The fraction of sp³-hybridized carbons (Fsp3) is 0.917. The van der Waals surface area contributed by atoms with E-state index >= 15 is 0 Å². The molecule has 1 aliphatic rings. The highest BCUT2D eigenvalue weighted by atomic mass is 16.3. The topological polar surface area (TPSA) is 52.6 Å². The van der Waals surface area contributed by atoms with Crippen LogP contribution in [0.4, 0.5) is 0 Å². The molecule has 1 atom stereocenters. The molecule has 1 saturated heterocycles. The van der Waals surface area contributed by atoms with Crippen molar-refractivity contribution >= 4 is 5.91 Å². The summed E-state index contributed by atoms with van der Waals surface area (Å²) in [6.45, 7) is 7.65. The second kappa shape index (κ2) is 6.86. The van der Waals surface area contributed by atoms with Gasteiger partial charge in [-0.15, -0.1) is 0 Å². The summed E-state index contributed by atoms with van der Waals surface area (Å²) in [5.74, 6) is 1.20. The van der Waals surface area contributed by atoms with E-state index in [2.05, 4.69) is 24.1 Å². The Morgan fingerprint density at radius 2 is 2.31 bits per heavy atom. The number of aliphatic hydroxyl groups excluding tert-OH is 1. The summed E-state index contributed by atoms with van der Waals surface area (Å²) in [6.07, 6.45) is 1.97. The van der Waals surface area contributed by atoms with Gasteiger partial charge >= 0.3 is 0 Å². The fourth-order valence-corrected chi connectivity index (χ4v) is 2.05. The van der Waals surface area contributed by atoms with Gasteiger partial charge in [-0.05, 0) is 31.2 Å². The predicted molar refractivity (Wildman–Crippen MR) is 64.1 cm³/mol. The van der Waals surface area contributed by atoms with E-state index in [1.165, 1.54) is 0 Å². The SMILES string of the molecule is CC(C)CNC(=O)CN1CC[C@H](CCO)C1. The minimum Gasteiger partial charge on any atom is -0.396 e. The number of rotatable bonds is 6. The molecule has 2 N–H and O–H groups in total. The van der Waals surface area contributed by atoms with Gasteiger partial charge in [0.2, 0.25) is 5.91 Å². The standard InChI is InChI=1S/C12H24N2O2/c1-10(2)7-13-12(16)9-14-5-3-11(8-14)4-6-15/h10-11,15H,3-9H2,1-2H3,(H,13,16)/t11-/m1/s1. The molecule has 1 fully saturated rings. The summed E-state index contributed by atoms with van der Waals surface area (Å²) >= 11 is 0. The summed E-state index contributed by atoms with van der Waals surface area (Å²) in [4.78, 5) is 13.7. The lowest BCUT2D eigenvalue weighted by atomic mass is 10.1. The quantitative estimate of drug-likeness (QED) is 0.694. The summed E-state index contributed by atoms with van der Waals surface area (Å²) in [6, 6.07) is 0. The number of hydrogen-bond acceptors (Lipinski definition) is 3. The Bertz CT molecular complexity index is 219. The lowest BCUT2D eigenvalue weighted by molar-refractivity contribution is -0.122. The number of aliphatic hydroxyl groups is 1. The van der Waals surface area contributed by atoms with E-state index in [0.717, 1.165) is 32.5 Å². The average Bonchev–Trinajstić information content (AvgIpc) is 2.63. The minimum absolute atomic E-state index is 0.123. The van der Waals surface area contributed by atoms with Gasteiger partial charge in [-0.25, -0.2) is 0 Å². The lowest BCUT2D eigenvalue weighted by Gasteiger charge is -2.16. The zero-order chi connectivity index (χ0) is 12.0. The van der Waals surface area contributed by atoms with Gasteiger partial charge in [-0.2, -0.15) is 0 Å². The molecule has 0 aromatic rings. The first-order chi connectivity index (χ1) is 7.61. The van der Waals surface area contributed by atoms with Crippen molar-refractivity contribution in [1.82, 2.24) is 10.2 Å². The molecule has 1 heterocycles. The van der Waals surface area contributed by atoms with Gasteiger partial charge in [0.15, 0.2) is 0 Å². The monoisotopic (exact) mass is 228 g/mol.